The highest BCUT2D eigenvalue weighted by Gasteiger charge is 2.46. The summed E-state index contributed by atoms with van der Waals surface area (Å²) in [6.07, 6.45) is -7.54. The summed E-state index contributed by atoms with van der Waals surface area (Å²) in [5, 5.41) is 12.7. The van der Waals surface area contributed by atoms with Crippen molar-refractivity contribution in [1.82, 2.24) is 38.6 Å². The van der Waals surface area contributed by atoms with Crippen LogP contribution in [0.15, 0.2) is 90.1 Å². The summed E-state index contributed by atoms with van der Waals surface area (Å²) in [6, 6.07) is 13.6. The van der Waals surface area contributed by atoms with E-state index in [1.165, 1.54) is 48.9 Å². The maximum atomic E-state index is 13.9. The summed E-state index contributed by atoms with van der Waals surface area (Å²) in [7, 11) is -10.2. The number of fused-ring (bicyclic) bond motifs is 2. The van der Waals surface area contributed by atoms with Crippen LogP contribution in [-0.2, 0) is 41.4 Å². The van der Waals surface area contributed by atoms with Gasteiger partial charge in [0.1, 0.15) is 43.1 Å². The first-order chi connectivity index (χ1) is 32.8. The summed E-state index contributed by atoms with van der Waals surface area (Å²) in [5.74, 6) is 0.0349. The van der Waals surface area contributed by atoms with Crippen LogP contribution in [0.4, 0.5) is 5.95 Å². The Hall–Kier alpha value is -5.38. The van der Waals surface area contributed by atoms with E-state index in [1.807, 2.05) is 42.5 Å². The van der Waals surface area contributed by atoms with Crippen molar-refractivity contribution in [2.45, 2.75) is 93.3 Å². The van der Waals surface area contributed by atoms with Gasteiger partial charge in [-0.1, -0.05) is 30.3 Å². The third kappa shape index (κ3) is 10.7. The molecule has 0 bridgehead atoms. The van der Waals surface area contributed by atoms with Crippen LogP contribution in [0.3, 0.4) is 0 Å². The van der Waals surface area contributed by atoms with Gasteiger partial charge in [-0.25, -0.2) is 23.7 Å². The van der Waals surface area contributed by atoms with Gasteiger partial charge in [0.05, 0.1) is 31.7 Å². The number of benzene rings is 2. The number of hydrogen-bond donors (Lipinski definition) is 7. The minimum Gasteiger partial charge on any atom is -0.390 e. The molecule has 69 heavy (non-hydrogen) atoms. The second kappa shape index (κ2) is 19.4. The van der Waals surface area contributed by atoms with E-state index >= 15 is 0 Å². The molecular formula is C40H45N9O17P2S. The Kier molecular flexibility index (Phi) is 13.7. The molecule has 3 aliphatic heterocycles. The van der Waals surface area contributed by atoms with Crippen LogP contribution in [0, 0.1) is 13.8 Å². The molecule has 4 aromatic heterocycles. The zero-order valence-corrected chi connectivity index (χ0v) is 39.0. The molecule has 26 nitrogen and oxygen atoms in total. The Morgan fingerprint density at radius 2 is 1.29 bits per heavy atom. The molecule has 6 aromatic rings. The molecule has 3 aliphatic rings. The molecule has 29 heteroatoms. The molecule has 0 radical (unpaired) electrons. The predicted molar refractivity (Wildman–Crippen MR) is 242 cm³/mol. The van der Waals surface area contributed by atoms with Gasteiger partial charge in [-0.3, -0.25) is 61.1 Å². The van der Waals surface area contributed by atoms with Crippen molar-refractivity contribution in [3.63, 3.8) is 0 Å². The highest BCUT2D eigenvalue weighted by molar-refractivity contribution is 7.99. The van der Waals surface area contributed by atoms with Crippen molar-refractivity contribution in [3.05, 3.63) is 124 Å². The number of phosphoric acid groups is 2. The number of rotatable bonds is 16. The highest BCUT2D eigenvalue weighted by atomic mass is 32.2. The van der Waals surface area contributed by atoms with E-state index in [0.717, 1.165) is 24.8 Å². The maximum Gasteiger partial charge on any atom is 0.472 e. The number of imidazole rings is 1. The fourth-order valence-corrected chi connectivity index (χ4v) is 11.2. The van der Waals surface area contributed by atoms with Crippen molar-refractivity contribution < 1.29 is 56.3 Å². The molecular weight excluding hydrogens is 973 g/mol. The monoisotopic (exact) mass is 1020 g/mol. The lowest BCUT2D eigenvalue weighted by molar-refractivity contribution is -0.0590. The smallest absolute Gasteiger partial charge is 0.390 e. The number of hydrogen-bond acceptors (Lipinski definition) is 19. The summed E-state index contributed by atoms with van der Waals surface area (Å²) in [6.45, 7) is 1.35. The molecule has 8 N–H and O–H groups in total. The molecule has 368 valence electrons. The zero-order chi connectivity index (χ0) is 48.9. The number of aryl methyl sites for hydroxylation is 2. The molecule has 0 saturated carbocycles. The average molecular weight is 1020 g/mol. The van der Waals surface area contributed by atoms with Gasteiger partial charge in [-0.05, 0) is 36.8 Å². The number of aromatic nitrogens is 8. The van der Waals surface area contributed by atoms with Crippen molar-refractivity contribution in [2.24, 2.45) is 0 Å². The number of ether oxygens (including phenoxy) is 3. The lowest BCUT2D eigenvalue weighted by atomic mass is 10.1. The second-order valence-electron chi connectivity index (χ2n) is 16.5. The molecule has 3 saturated heterocycles. The van der Waals surface area contributed by atoms with Gasteiger partial charge in [0.15, 0.2) is 11.2 Å². The van der Waals surface area contributed by atoms with Crippen LogP contribution < -0.4 is 33.8 Å². The Labute approximate surface area is 391 Å². The Morgan fingerprint density at radius 3 is 1.94 bits per heavy atom. The maximum absolute atomic E-state index is 13.9. The lowest BCUT2D eigenvalue weighted by Gasteiger charge is -2.24. The largest absolute Gasteiger partial charge is 0.472 e. The van der Waals surface area contributed by atoms with Crippen LogP contribution in [0.1, 0.15) is 49.1 Å². The number of nitrogens with two attached hydrogens (primary N) is 1. The number of aliphatic hydroxyl groups excluding tert-OH is 1. The third-order valence-corrected chi connectivity index (χ3v) is 14.8. The number of nitrogens with zero attached hydrogens (tertiary/aromatic N) is 5. The zero-order valence-electron chi connectivity index (χ0n) is 36.4. The number of phosphoric ester groups is 2. The Morgan fingerprint density at radius 1 is 0.739 bits per heavy atom. The van der Waals surface area contributed by atoms with Gasteiger partial charge in [-0.2, -0.15) is 4.98 Å². The van der Waals surface area contributed by atoms with Crippen molar-refractivity contribution >= 4 is 55.3 Å². The number of aliphatic hydroxyl groups is 1. The summed E-state index contributed by atoms with van der Waals surface area (Å²) < 4.78 is 71.0. The van der Waals surface area contributed by atoms with E-state index in [0.29, 0.717) is 0 Å². The van der Waals surface area contributed by atoms with Crippen LogP contribution in [0.2, 0.25) is 0 Å². The number of thioether (sulfide) groups is 1. The Bertz CT molecular complexity index is 3320. The van der Waals surface area contributed by atoms with E-state index < -0.39 is 112 Å². The molecule has 7 heterocycles. The first kappa shape index (κ1) is 48.6. The molecule has 0 amide bonds. The molecule has 3 fully saturated rings. The van der Waals surface area contributed by atoms with E-state index in [9.17, 15) is 48.0 Å². The van der Waals surface area contributed by atoms with E-state index in [4.69, 9.17) is 38.0 Å². The first-order valence-corrected chi connectivity index (χ1v) is 25.2. The minimum absolute atomic E-state index is 0.0204. The fraction of sp³-hybridized carbons (Fsp3) is 0.425. The molecule has 9 rings (SSSR count). The first-order valence-electron chi connectivity index (χ1n) is 21.2. The van der Waals surface area contributed by atoms with Gasteiger partial charge in [-0.15, -0.1) is 11.8 Å². The summed E-state index contributed by atoms with van der Waals surface area (Å²) >= 11 is 1.39. The third-order valence-electron chi connectivity index (χ3n) is 11.7. The SMILES string of the molecule is Cc1cn([C@H]2C[C@H](OP(=O)(O)OC[C@H]3O[C@@H](n4cc(C)c(=O)[nH]c4=O)C[C@@H]3O)[C@@H](COP(=O)(O)O[C@H]3C[C@H](n4cnc5c(=O)[nH]c(N)nc54)O[C@@H]3CSc3ccc4ccccc4c3)O2)c(=O)[nH]c1=O. The molecule has 2 unspecified atom stereocenters. The number of anilines is 1. The van der Waals surface area contributed by atoms with Crippen LogP contribution in [0.25, 0.3) is 21.9 Å². The van der Waals surface area contributed by atoms with Crippen LogP contribution in [0.5, 0.6) is 0 Å². The van der Waals surface area contributed by atoms with Gasteiger partial charge >= 0.3 is 27.0 Å². The van der Waals surface area contributed by atoms with E-state index in [2.05, 4.69) is 24.9 Å². The van der Waals surface area contributed by atoms with Gasteiger partial charge in [0.2, 0.25) is 5.95 Å². The summed E-state index contributed by atoms with van der Waals surface area (Å²) in [4.78, 5) is 100. The van der Waals surface area contributed by atoms with Crippen molar-refractivity contribution in [1.29, 1.82) is 0 Å². The molecule has 2 aromatic carbocycles. The quantitative estimate of drug-likeness (QED) is 0.0534. The molecule has 0 spiro atoms. The van der Waals surface area contributed by atoms with Gasteiger partial charge < -0.3 is 34.8 Å². The number of aromatic amines is 3. The standard InChI is InChI=1S/C40H45N9O17P2S/c1-19-13-47(39(54)45-35(19)51)30-10-24(50)27(62-30)15-60-67(56,57)65-25-11-31(48-14-20(2)36(52)46-40(48)55)63-28(25)16-61-68(58,59)66-26-12-32(49-18-42-33-34(49)43-38(41)44-37(33)53)64-29(26)17-69-23-8-7-21-5-3-4-6-22(21)9-23/h3-9,13-14,18,24-32,50H,10-12,15-17H2,1-2H3,(H,56,57)(H,58,59)(H,45,51,54)(H,46,52,55)(H3,41,43,44,53)/t24-,25-,26-,27+,28+,29+,30+,31+,32+/m0/s1. The lowest BCUT2D eigenvalue weighted by Crippen LogP contribution is -2.33. The van der Waals surface area contributed by atoms with Crippen LogP contribution in [-0.4, -0.2) is 109 Å². The van der Waals surface area contributed by atoms with Gasteiger partial charge in [0, 0.05) is 53.4 Å². The number of nitrogens with one attached hydrogen (secondary N) is 3. The Balaban J connectivity index is 0.908. The van der Waals surface area contributed by atoms with Crippen molar-refractivity contribution in [2.75, 3.05) is 24.7 Å². The van der Waals surface area contributed by atoms with Crippen molar-refractivity contribution in [3.8, 4) is 0 Å². The number of H-pyrrole nitrogens is 3. The summed E-state index contributed by atoms with van der Waals surface area (Å²) in [5.41, 5.74) is 2.65. The average Bonchev–Trinajstić information content (AvgIpc) is 4.09. The van der Waals surface area contributed by atoms with E-state index in [-0.39, 0.29) is 53.3 Å². The highest BCUT2D eigenvalue weighted by Crippen LogP contribution is 2.52. The van der Waals surface area contributed by atoms with E-state index in [1.54, 1.807) is 0 Å². The number of nitrogen functional groups attached to an aromatic ring is 1. The van der Waals surface area contributed by atoms with Gasteiger partial charge in [0.25, 0.3) is 16.7 Å². The molecule has 11 atom stereocenters. The normalized spacial score (nSPS) is 26.7. The second-order valence-corrected chi connectivity index (χ2v) is 20.4. The molecule has 0 aliphatic carbocycles. The topological polar surface area (TPSA) is 359 Å². The fourth-order valence-electron chi connectivity index (χ4n) is 8.23. The van der Waals surface area contributed by atoms with Crippen LogP contribution >= 0.6 is 27.4 Å². The predicted octanol–water partition coefficient (Wildman–Crippen LogP) is 1.59. The minimum atomic E-state index is -5.13.